The summed E-state index contributed by atoms with van der Waals surface area (Å²) >= 11 is 0. The van der Waals surface area contributed by atoms with Crippen LogP contribution in [0.15, 0.2) is 0 Å². The van der Waals surface area contributed by atoms with Gasteiger partial charge in [0.15, 0.2) is 0 Å². The van der Waals surface area contributed by atoms with Gasteiger partial charge >= 0.3 is 47.4 Å². The number of aliphatic hydroxyl groups is 4. The Morgan fingerprint density at radius 3 is 0.653 bits per heavy atom. The zero-order valence-corrected chi connectivity index (χ0v) is 61.5. The molecule has 0 saturated carbocycles. The van der Waals surface area contributed by atoms with Gasteiger partial charge in [-0.15, -0.1) is 0 Å². The van der Waals surface area contributed by atoms with E-state index in [2.05, 4.69) is 27.7 Å². The molecule has 95 heavy (non-hydrogen) atoms. The van der Waals surface area contributed by atoms with E-state index in [4.69, 9.17) is 18.9 Å². The normalized spacial score (nSPS) is 13.4. The summed E-state index contributed by atoms with van der Waals surface area (Å²) in [6, 6.07) is 0. The lowest BCUT2D eigenvalue weighted by molar-refractivity contribution is -0.779. The van der Waals surface area contributed by atoms with Crippen LogP contribution in [-0.4, -0.2) is 84.0 Å². The van der Waals surface area contributed by atoms with Gasteiger partial charge in [-0.1, -0.05) is 387 Å². The topological polar surface area (TPSA) is 272 Å². The quantitative estimate of drug-likeness (QED) is 0.0110. The molecule has 0 heterocycles. The first-order valence-electron chi connectivity index (χ1n) is 40.0. The van der Waals surface area contributed by atoms with Crippen LogP contribution in [0.4, 0.5) is 0 Å². The van der Waals surface area contributed by atoms with Crippen molar-refractivity contribution in [3.05, 3.63) is 20.2 Å². The number of carbonyl (C=O) groups excluding carboxylic acids is 4. The van der Waals surface area contributed by atoms with Crippen LogP contribution in [0, 0.1) is 20.2 Å². The molecule has 0 aromatic carbocycles. The van der Waals surface area contributed by atoms with Crippen LogP contribution in [0.2, 0.25) is 0 Å². The highest BCUT2D eigenvalue weighted by atomic mass is 16.9. The minimum atomic E-state index is -4.93. The number of esters is 4. The molecule has 18 nitrogen and oxygen atoms in total. The van der Waals surface area contributed by atoms with Gasteiger partial charge < -0.3 is 39.4 Å². The minimum Gasteiger partial charge on any atom is -0.423 e. The average Bonchev–Trinajstić information content (AvgIpc) is 0.697. The second-order valence-electron chi connectivity index (χ2n) is 28.0. The molecule has 0 spiro atoms. The molecule has 0 saturated heterocycles. The van der Waals surface area contributed by atoms with E-state index in [1.807, 2.05) is 0 Å². The van der Waals surface area contributed by atoms with Crippen molar-refractivity contribution in [3.8, 4) is 0 Å². The molecule has 560 valence electrons. The van der Waals surface area contributed by atoms with Crippen molar-refractivity contribution in [2.75, 3.05) is 0 Å². The van der Waals surface area contributed by atoms with E-state index in [0.29, 0.717) is 44.9 Å². The lowest BCUT2D eigenvalue weighted by atomic mass is 9.81. The lowest BCUT2D eigenvalue weighted by Crippen LogP contribution is -2.84. The van der Waals surface area contributed by atoms with Crippen LogP contribution in [0.25, 0.3) is 0 Å². The van der Waals surface area contributed by atoms with Crippen molar-refractivity contribution in [2.24, 2.45) is 0 Å². The molecule has 18 heteroatoms. The lowest BCUT2D eigenvalue weighted by Gasteiger charge is -2.43. The van der Waals surface area contributed by atoms with Crippen LogP contribution in [0.1, 0.15) is 439 Å². The number of carbonyl (C=O) groups is 4. The predicted molar refractivity (Wildman–Crippen MR) is 381 cm³/mol. The van der Waals surface area contributed by atoms with E-state index in [1.165, 1.54) is 186 Å². The Morgan fingerprint density at radius 1 is 0.295 bits per heavy atom. The average molecular weight is 1360 g/mol. The maximum absolute atomic E-state index is 14.1. The smallest absolute Gasteiger partial charge is 0.423 e. The van der Waals surface area contributed by atoms with Crippen LogP contribution >= 0.6 is 0 Å². The molecule has 4 N–H and O–H groups in total. The number of nitrogens with zero attached hydrogens (tertiary/aromatic N) is 2. The zero-order chi connectivity index (χ0) is 70.2. The highest BCUT2D eigenvalue weighted by Crippen LogP contribution is 2.47. The molecule has 0 fully saturated rings. The SMILES string of the molecule is CCCCCCCCCCCCCCCCCC(=O)OC(O)C(OC(=O)CCCCCCCCCCCCCCCCC)([N+](=O)[O-])C(C(O)O)([N+](=O)[O-])C(O)(OC(=O)CCCCCCCCCCCCCCCCC)OC(=O)CCCCCCCCCCCCCCCCC. The van der Waals surface area contributed by atoms with Gasteiger partial charge in [-0.3, -0.25) is 39.4 Å². The van der Waals surface area contributed by atoms with Crippen molar-refractivity contribution in [1.29, 1.82) is 0 Å². The molecule has 0 aromatic rings. The van der Waals surface area contributed by atoms with Gasteiger partial charge in [0, 0.05) is 25.7 Å². The molecule has 3 unspecified atom stereocenters. The summed E-state index contributed by atoms with van der Waals surface area (Å²) in [7, 11) is 0. The molecular weight excluding hydrogens is 1210 g/mol. The number of rotatable bonds is 74. The summed E-state index contributed by atoms with van der Waals surface area (Å²) < 4.78 is 21.0. The number of aliphatic hydroxyl groups excluding tert-OH is 2. The van der Waals surface area contributed by atoms with E-state index in [1.54, 1.807) is 0 Å². The molecule has 0 amide bonds. The first kappa shape index (κ1) is 91.5. The first-order valence-corrected chi connectivity index (χ1v) is 40.0. The maximum Gasteiger partial charge on any atom is 0.513 e. The number of hydrogen-bond acceptors (Lipinski definition) is 16. The van der Waals surface area contributed by atoms with Gasteiger partial charge in [0.2, 0.25) is 6.29 Å². The number of nitro groups is 2. The number of hydrogen-bond donors (Lipinski definition) is 4. The number of unbranched alkanes of at least 4 members (excludes halogenated alkanes) is 56. The van der Waals surface area contributed by atoms with Crippen molar-refractivity contribution >= 4 is 23.9 Å². The van der Waals surface area contributed by atoms with Crippen molar-refractivity contribution < 1.29 is 68.4 Å². The van der Waals surface area contributed by atoms with Crippen LogP contribution in [0.5, 0.6) is 0 Å². The molecule has 0 bridgehead atoms. The Kier molecular flexibility index (Phi) is 61.6. The van der Waals surface area contributed by atoms with Gasteiger partial charge in [0.25, 0.3) is 0 Å². The first-order chi connectivity index (χ1) is 46.1. The summed E-state index contributed by atoms with van der Waals surface area (Å²) in [5.41, 5.74) is -9.68. The van der Waals surface area contributed by atoms with E-state index >= 15 is 0 Å². The zero-order valence-electron chi connectivity index (χ0n) is 61.5. The van der Waals surface area contributed by atoms with Crippen LogP contribution in [-0.2, 0) is 38.1 Å². The minimum absolute atomic E-state index is 0.0274. The van der Waals surface area contributed by atoms with E-state index in [0.717, 1.165) is 128 Å². The summed E-state index contributed by atoms with van der Waals surface area (Å²) in [5, 5.41) is 75.2. The fourth-order valence-corrected chi connectivity index (χ4v) is 13.1. The monoisotopic (exact) mass is 1360 g/mol. The second-order valence-corrected chi connectivity index (χ2v) is 28.0. The van der Waals surface area contributed by atoms with E-state index in [9.17, 15) is 59.8 Å². The van der Waals surface area contributed by atoms with Crippen LogP contribution < -0.4 is 0 Å². The summed E-state index contributed by atoms with van der Waals surface area (Å²) in [5.74, 6) is -10.7. The highest BCUT2D eigenvalue weighted by Gasteiger charge is 2.95. The molecule has 0 aromatic heterocycles. The van der Waals surface area contributed by atoms with Crippen molar-refractivity contribution in [2.45, 2.75) is 468 Å². The summed E-state index contributed by atoms with van der Waals surface area (Å²) in [4.78, 5) is 79.7. The van der Waals surface area contributed by atoms with Gasteiger partial charge in [0.05, 0.1) is 9.85 Å². The summed E-state index contributed by atoms with van der Waals surface area (Å²) in [6.07, 6.45) is 50.7. The second kappa shape index (κ2) is 63.9. The molecule has 0 aliphatic rings. The third-order valence-corrected chi connectivity index (χ3v) is 19.3. The van der Waals surface area contributed by atoms with Crippen molar-refractivity contribution in [1.82, 2.24) is 0 Å². The third kappa shape index (κ3) is 45.0. The van der Waals surface area contributed by atoms with Gasteiger partial charge in [-0.05, 0) is 25.7 Å². The predicted octanol–water partition coefficient (Wildman–Crippen LogP) is 21.5. The standard InChI is InChI=1S/C77H146N2O16/c1-5-9-13-17-21-25-29-33-37-41-45-49-53-57-61-65-69(80)92-74(86)76(79(90)91,93-70(81)66-62-58-54-50-46-42-38-34-30-26-22-18-14-10-6-2)75(73(84)85,78(88)89)77(87,94-71(82)67-63-59-55-51-47-43-39-35-31-27-23-19-15-11-7-3)95-72(83)68-64-60-56-52-48-44-40-36-32-28-24-20-16-12-8-4/h73-74,84-87H,5-68H2,1-4H3. The van der Waals surface area contributed by atoms with Gasteiger partial charge in [0.1, 0.15) is 0 Å². The summed E-state index contributed by atoms with van der Waals surface area (Å²) in [6.45, 7) is 8.84. The van der Waals surface area contributed by atoms with Gasteiger partial charge in [-0.25, -0.2) is 0 Å². The highest BCUT2D eigenvalue weighted by molar-refractivity contribution is 5.73. The Balaban J connectivity index is 6.62. The van der Waals surface area contributed by atoms with Gasteiger partial charge in [-0.2, -0.15) is 0 Å². The number of ether oxygens (including phenoxy) is 4. The maximum atomic E-state index is 14.1. The molecule has 0 radical (unpaired) electrons. The fraction of sp³-hybridized carbons (Fsp3) is 0.948. The Bertz CT molecular complexity index is 1790. The molecular formula is C77H146N2O16. The van der Waals surface area contributed by atoms with Crippen LogP contribution in [0.3, 0.4) is 0 Å². The largest absolute Gasteiger partial charge is 0.513 e. The Hall–Kier alpha value is -3.48. The fourth-order valence-electron chi connectivity index (χ4n) is 13.1. The molecule has 0 aliphatic carbocycles. The Morgan fingerprint density at radius 2 is 0.474 bits per heavy atom. The molecule has 0 aliphatic heterocycles. The third-order valence-electron chi connectivity index (χ3n) is 19.3. The molecule has 0 rings (SSSR count). The Labute approximate surface area is 578 Å². The molecule has 3 atom stereocenters. The van der Waals surface area contributed by atoms with Crippen molar-refractivity contribution in [3.63, 3.8) is 0 Å². The van der Waals surface area contributed by atoms with E-state index < -0.39 is 89.2 Å². The van der Waals surface area contributed by atoms with E-state index in [-0.39, 0.29) is 25.7 Å².